The van der Waals surface area contributed by atoms with Gasteiger partial charge in [-0.25, -0.2) is 9.67 Å². The third-order valence-electron chi connectivity index (χ3n) is 3.63. The van der Waals surface area contributed by atoms with Crippen LogP contribution in [0.5, 0.6) is 0 Å². The van der Waals surface area contributed by atoms with Gasteiger partial charge in [0.05, 0.1) is 0 Å². The Morgan fingerprint density at radius 1 is 1.15 bits per heavy atom. The van der Waals surface area contributed by atoms with Gasteiger partial charge in [0.1, 0.15) is 17.9 Å². The second-order valence-corrected chi connectivity index (χ2v) is 6.34. The molecule has 1 N–H and O–H groups in total. The van der Waals surface area contributed by atoms with Crippen molar-refractivity contribution in [2.45, 2.75) is 38.8 Å². The third-order valence-corrected chi connectivity index (χ3v) is 4.69. The number of likely N-dealkylation sites (tertiary alicyclic amines) is 1. The lowest BCUT2D eigenvalue weighted by Crippen LogP contribution is -2.23. The van der Waals surface area contributed by atoms with Crippen molar-refractivity contribution in [1.82, 2.24) is 19.7 Å². The summed E-state index contributed by atoms with van der Waals surface area (Å²) in [5, 5.41) is 14.3. The minimum Gasteiger partial charge on any atom is -0.388 e. The van der Waals surface area contributed by atoms with E-state index in [-0.39, 0.29) is 6.61 Å². The van der Waals surface area contributed by atoms with E-state index in [9.17, 15) is 0 Å². The average molecular weight is 292 g/mol. The van der Waals surface area contributed by atoms with Crippen LogP contribution in [-0.2, 0) is 13.2 Å². The van der Waals surface area contributed by atoms with Crippen molar-refractivity contribution in [3.05, 3.63) is 29.2 Å². The van der Waals surface area contributed by atoms with Gasteiger partial charge in [0.2, 0.25) is 0 Å². The highest BCUT2D eigenvalue weighted by Gasteiger charge is 2.11. The van der Waals surface area contributed by atoms with Gasteiger partial charge in [0, 0.05) is 11.4 Å². The van der Waals surface area contributed by atoms with E-state index in [0.29, 0.717) is 5.82 Å². The Balaban J connectivity index is 1.66. The highest BCUT2D eigenvalue weighted by Crippen LogP contribution is 2.22. The number of rotatable bonds is 4. The molecule has 0 amide bonds. The summed E-state index contributed by atoms with van der Waals surface area (Å²) >= 11 is 1.75. The number of aliphatic hydroxyl groups is 1. The first-order valence-corrected chi connectivity index (χ1v) is 7.99. The van der Waals surface area contributed by atoms with Crippen molar-refractivity contribution in [3.8, 4) is 5.00 Å². The molecule has 108 valence electrons. The van der Waals surface area contributed by atoms with E-state index >= 15 is 0 Å². The smallest absolute Gasteiger partial charge is 0.176 e. The van der Waals surface area contributed by atoms with Crippen LogP contribution in [0.1, 0.15) is 36.4 Å². The predicted octanol–water partition coefficient (Wildman–Crippen LogP) is 2.20. The van der Waals surface area contributed by atoms with Crippen LogP contribution >= 0.6 is 11.3 Å². The van der Waals surface area contributed by atoms with Crippen molar-refractivity contribution in [3.63, 3.8) is 0 Å². The lowest BCUT2D eigenvalue weighted by atomic mass is 10.2. The van der Waals surface area contributed by atoms with Crippen LogP contribution in [0.2, 0.25) is 0 Å². The van der Waals surface area contributed by atoms with E-state index in [1.165, 1.54) is 43.6 Å². The van der Waals surface area contributed by atoms with Crippen LogP contribution < -0.4 is 0 Å². The van der Waals surface area contributed by atoms with E-state index in [4.69, 9.17) is 5.11 Å². The summed E-state index contributed by atoms with van der Waals surface area (Å²) in [7, 11) is 0. The van der Waals surface area contributed by atoms with Gasteiger partial charge in [-0.1, -0.05) is 12.8 Å². The molecule has 0 unspecified atom stereocenters. The first-order chi connectivity index (χ1) is 9.85. The molecule has 3 rings (SSSR count). The van der Waals surface area contributed by atoms with Gasteiger partial charge in [-0.3, -0.25) is 4.90 Å². The second-order valence-electron chi connectivity index (χ2n) is 5.19. The Bertz CT molecular complexity index is 543. The van der Waals surface area contributed by atoms with Crippen molar-refractivity contribution in [2.75, 3.05) is 13.1 Å². The van der Waals surface area contributed by atoms with Gasteiger partial charge in [0.25, 0.3) is 0 Å². The minimum absolute atomic E-state index is 0.112. The molecule has 3 heterocycles. The van der Waals surface area contributed by atoms with Gasteiger partial charge in [0.15, 0.2) is 5.82 Å². The SMILES string of the molecule is OCc1ncn(-c2ccc(CN3CCCCCC3)s2)n1. The van der Waals surface area contributed by atoms with E-state index in [2.05, 4.69) is 27.1 Å². The van der Waals surface area contributed by atoms with E-state index in [0.717, 1.165) is 11.5 Å². The number of aromatic nitrogens is 3. The third kappa shape index (κ3) is 3.26. The molecule has 0 saturated carbocycles. The van der Waals surface area contributed by atoms with Crippen molar-refractivity contribution in [2.24, 2.45) is 0 Å². The number of hydrogen-bond acceptors (Lipinski definition) is 5. The van der Waals surface area contributed by atoms with E-state index < -0.39 is 0 Å². The molecule has 1 aliphatic rings. The molecule has 2 aromatic rings. The average Bonchev–Trinajstić information content (AvgIpc) is 3.04. The Morgan fingerprint density at radius 3 is 2.65 bits per heavy atom. The molecule has 1 fully saturated rings. The molecule has 0 radical (unpaired) electrons. The first-order valence-electron chi connectivity index (χ1n) is 7.18. The molecule has 0 atom stereocenters. The monoisotopic (exact) mass is 292 g/mol. The molecule has 0 aromatic carbocycles. The van der Waals surface area contributed by atoms with Crippen molar-refractivity contribution < 1.29 is 5.11 Å². The highest BCUT2D eigenvalue weighted by atomic mass is 32.1. The van der Waals surface area contributed by atoms with Crippen LogP contribution in [0.15, 0.2) is 18.5 Å². The number of hydrogen-bond donors (Lipinski definition) is 1. The van der Waals surface area contributed by atoms with Crippen LogP contribution in [0.4, 0.5) is 0 Å². The van der Waals surface area contributed by atoms with E-state index in [1.807, 2.05) is 0 Å². The molecule has 6 heteroatoms. The summed E-state index contributed by atoms with van der Waals surface area (Å²) in [6.07, 6.45) is 7.04. The van der Waals surface area contributed by atoms with Gasteiger partial charge in [-0.05, 0) is 38.1 Å². The summed E-state index contributed by atoms with van der Waals surface area (Å²) < 4.78 is 1.74. The Kier molecular flexibility index (Phi) is 4.44. The Labute approximate surface area is 122 Å². The fourth-order valence-corrected chi connectivity index (χ4v) is 3.53. The summed E-state index contributed by atoms with van der Waals surface area (Å²) in [5.41, 5.74) is 0. The molecule has 1 saturated heterocycles. The zero-order valence-corrected chi connectivity index (χ0v) is 12.3. The van der Waals surface area contributed by atoms with Gasteiger partial charge < -0.3 is 5.11 Å². The first kappa shape index (κ1) is 13.7. The second kappa shape index (κ2) is 6.47. The maximum absolute atomic E-state index is 9.00. The molecule has 1 aliphatic heterocycles. The number of thiophene rings is 1. The van der Waals surface area contributed by atoms with Crippen LogP contribution in [0.25, 0.3) is 5.00 Å². The summed E-state index contributed by atoms with van der Waals surface area (Å²) in [4.78, 5) is 7.96. The number of aliphatic hydroxyl groups excluding tert-OH is 1. The highest BCUT2D eigenvalue weighted by molar-refractivity contribution is 7.14. The van der Waals surface area contributed by atoms with Crippen LogP contribution in [0.3, 0.4) is 0 Å². The van der Waals surface area contributed by atoms with Crippen LogP contribution in [0, 0.1) is 0 Å². The molecular weight excluding hydrogens is 272 g/mol. The fraction of sp³-hybridized carbons (Fsp3) is 0.571. The standard InChI is InChI=1S/C14H20N4OS/c19-10-13-15-11-18(16-13)14-6-5-12(20-14)9-17-7-3-1-2-4-8-17/h5-6,11,19H,1-4,7-10H2. The lowest BCUT2D eigenvalue weighted by Gasteiger charge is -2.18. The Morgan fingerprint density at radius 2 is 1.95 bits per heavy atom. The summed E-state index contributed by atoms with van der Waals surface area (Å²) in [6, 6.07) is 4.25. The van der Waals surface area contributed by atoms with Crippen molar-refractivity contribution in [1.29, 1.82) is 0 Å². The maximum Gasteiger partial charge on any atom is 0.176 e. The van der Waals surface area contributed by atoms with Gasteiger partial charge in [-0.15, -0.1) is 16.4 Å². The fourth-order valence-electron chi connectivity index (χ4n) is 2.57. The minimum atomic E-state index is -0.112. The topological polar surface area (TPSA) is 54.2 Å². The quantitative estimate of drug-likeness (QED) is 0.938. The zero-order chi connectivity index (χ0) is 13.8. The van der Waals surface area contributed by atoms with Crippen molar-refractivity contribution >= 4 is 11.3 Å². The molecule has 5 nitrogen and oxygen atoms in total. The van der Waals surface area contributed by atoms with E-state index in [1.54, 1.807) is 22.3 Å². The molecular formula is C14H20N4OS. The normalized spacial score (nSPS) is 17.2. The lowest BCUT2D eigenvalue weighted by molar-refractivity contribution is 0.271. The maximum atomic E-state index is 9.00. The molecule has 20 heavy (non-hydrogen) atoms. The zero-order valence-electron chi connectivity index (χ0n) is 11.5. The number of nitrogens with zero attached hydrogens (tertiary/aromatic N) is 4. The molecule has 0 bridgehead atoms. The van der Waals surface area contributed by atoms with Crippen LogP contribution in [-0.4, -0.2) is 37.9 Å². The largest absolute Gasteiger partial charge is 0.388 e. The predicted molar refractivity (Wildman–Crippen MR) is 78.9 cm³/mol. The van der Waals surface area contributed by atoms with Gasteiger partial charge in [-0.2, -0.15) is 0 Å². The van der Waals surface area contributed by atoms with Gasteiger partial charge >= 0.3 is 0 Å². The summed E-state index contributed by atoms with van der Waals surface area (Å²) in [5.74, 6) is 0.465. The molecule has 2 aromatic heterocycles. The Hall–Kier alpha value is -1.24. The molecule has 0 aliphatic carbocycles. The summed E-state index contributed by atoms with van der Waals surface area (Å²) in [6.45, 7) is 3.35. The molecule has 0 spiro atoms.